The molecule has 0 radical (unpaired) electrons. The normalized spacial score (nSPS) is 10.7. The molecule has 0 spiro atoms. The number of hydrogen-bond donors (Lipinski definition) is 2. The zero-order valence-corrected chi connectivity index (χ0v) is 13.3. The first-order chi connectivity index (χ1) is 11.6. The van der Waals surface area contributed by atoms with E-state index in [1.165, 1.54) is 0 Å². The van der Waals surface area contributed by atoms with Crippen LogP contribution in [-0.2, 0) is 11.3 Å². The lowest BCUT2D eigenvalue weighted by atomic mass is 10.2. The number of hydrogen-bond acceptors (Lipinski definition) is 3. The highest BCUT2D eigenvalue weighted by Gasteiger charge is 2.10. The van der Waals surface area contributed by atoms with Crippen LogP contribution in [0.4, 0.5) is 5.69 Å². The van der Waals surface area contributed by atoms with Gasteiger partial charge in [-0.1, -0.05) is 35.9 Å². The number of carbonyl (C=O) groups excluding carboxylic acids is 1. The number of nitrogens with zero attached hydrogens (tertiary/aromatic N) is 1. The van der Waals surface area contributed by atoms with Crippen LogP contribution in [0.5, 0.6) is 0 Å². The number of aromatic amines is 1. The molecule has 7 heteroatoms. The Balaban J connectivity index is 1.79. The summed E-state index contributed by atoms with van der Waals surface area (Å²) in [5.74, 6) is -0.331. The molecule has 0 aliphatic heterocycles. The molecule has 0 atom stereocenters. The first-order valence-corrected chi connectivity index (χ1v) is 7.70. The Morgan fingerprint density at radius 2 is 1.79 bits per heavy atom. The number of carbonyl (C=O) groups is 1. The average Bonchev–Trinajstić information content (AvgIpc) is 2.57. The number of para-hydroxylation sites is 2. The topological polar surface area (TPSA) is 84.0 Å². The van der Waals surface area contributed by atoms with Gasteiger partial charge in [-0.2, -0.15) is 0 Å². The molecule has 0 unspecified atom stereocenters. The number of amides is 1. The van der Waals surface area contributed by atoms with E-state index in [1.54, 1.807) is 48.5 Å². The van der Waals surface area contributed by atoms with E-state index in [2.05, 4.69) is 10.3 Å². The molecule has 0 fully saturated rings. The average molecular weight is 344 g/mol. The number of rotatable bonds is 4. The van der Waals surface area contributed by atoms with Gasteiger partial charge in [-0.25, -0.2) is 4.79 Å². The van der Waals surface area contributed by atoms with Crippen molar-refractivity contribution in [1.82, 2.24) is 9.55 Å². The number of halogens is 1. The van der Waals surface area contributed by atoms with E-state index in [1.807, 2.05) is 0 Å². The van der Waals surface area contributed by atoms with Crippen LogP contribution in [0.1, 0.15) is 6.42 Å². The number of fused-ring (bicyclic) bond motifs is 1. The van der Waals surface area contributed by atoms with E-state index in [9.17, 15) is 14.4 Å². The SMILES string of the molecule is O=C(CCn1c(=O)[nH]c2ccccc2c1=O)Nc1ccccc1Cl. The molecular formula is C17H14ClN3O3. The Morgan fingerprint density at radius 1 is 1.08 bits per heavy atom. The third kappa shape index (κ3) is 3.23. The largest absolute Gasteiger partial charge is 0.328 e. The quantitative estimate of drug-likeness (QED) is 0.762. The van der Waals surface area contributed by atoms with E-state index in [0.29, 0.717) is 21.6 Å². The van der Waals surface area contributed by atoms with Crippen LogP contribution >= 0.6 is 11.6 Å². The van der Waals surface area contributed by atoms with Crippen molar-refractivity contribution >= 4 is 34.1 Å². The monoisotopic (exact) mass is 343 g/mol. The molecule has 0 aliphatic carbocycles. The summed E-state index contributed by atoms with van der Waals surface area (Å²) in [4.78, 5) is 39.1. The Bertz CT molecular complexity index is 1020. The smallest absolute Gasteiger partial charge is 0.325 e. The van der Waals surface area contributed by atoms with Crippen molar-refractivity contribution in [3.05, 3.63) is 74.4 Å². The summed E-state index contributed by atoms with van der Waals surface area (Å²) in [7, 11) is 0. The standard InChI is InChI=1S/C17H14ClN3O3/c18-12-6-2-4-8-14(12)19-15(22)9-10-21-16(23)11-5-1-3-7-13(11)20-17(21)24/h1-8H,9-10H2,(H,19,22)(H,20,24). The van der Waals surface area contributed by atoms with Crippen molar-refractivity contribution < 1.29 is 4.79 Å². The second kappa shape index (κ2) is 6.72. The van der Waals surface area contributed by atoms with E-state index in [4.69, 9.17) is 11.6 Å². The fraction of sp³-hybridized carbons (Fsp3) is 0.118. The van der Waals surface area contributed by atoms with Gasteiger partial charge in [0.2, 0.25) is 5.91 Å². The molecule has 2 N–H and O–H groups in total. The van der Waals surface area contributed by atoms with E-state index in [-0.39, 0.29) is 18.9 Å². The summed E-state index contributed by atoms with van der Waals surface area (Å²) < 4.78 is 1.02. The number of nitrogens with one attached hydrogen (secondary N) is 2. The van der Waals surface area contributed by atoms with Gasteiger partial charge in [0.15, 0.2) is 0 Å². The maximum atomic E-state index is 12.4. The van der Waals surface area contributed by atoms with Crippen molar-refractivity contribution in [2.45, 2.75) is 13.0 Å². The van der Waals surface area contributed by atoms with Crippen LogP contribution in [0.15, 0.2) is 58.1 Å². The summed E-state index contributed by atoms with van der Waals surface area (Å²) in [5.41, 5.74) is 0.0114. The summed E-state index contributed by atoms with van der Waals surface area (Å²) in [6.07, 6.45) is -0.0213. The lowest BCUT2D eigenvalue weighted by molar-refractivity contribution is -0.116. The van der Waals surface area contributed by atoms with Crippen LogP contribution in [-0.4, -0.2) is 15.5 Å². The predicted octanol–water partition coefficient (Wildman–Crippen LogP) is 2.37. The summed E-state index contributed by atoms with van der Waals surface area (Å²) in [6, 6.07) is 13.6. The Kier molecular flexibility index (Phi) is 4.48. The van der Waals surface area contributed by atoms with E-state index in [0.717, 1.165) is 4.57 Å². The minimum absolute atomic E-state index is 0.0186. The Labute approximate surface area is 141 Å². The van der Waals surface area contributed by atoms with Crippen molar-refractivity contribution in [1.29, 1.82) is 0 Å². The highest BCUT2D eigenvalue weighted by Crippen LogP contribution is 2.20. The van der Waals surface area contributed by atoms with Gasteiger partial charge in [0, 0.05) is 13.0 Å². The molecule has 0 aliphatic rings. The molecule has 6 nitrogen and oxygen atoms in total. The molecule has 1 heterocycles. The van der Waals surface area contributed by atoms with Gasteiger partial charge < -0.3 is 10.3 Å². The fourth-order valence-corrected chi connectivity index (χ4v) is 2.57. The van der Waals surface area contributed by atoms with Gasteiger partial charge in [0.25, 0.3) is 5.56 Å². The Morgan fingerprint density at radius 3 is 2.58 bits per heavy atom. The molecule has 3 rings (SSSR count). The first-order valence-electron chi connectivity index (χ1n) is 7.32. The lowest BCUT2D eigenvalue weighted by Crippen LogP contribution is -2.36. The van der Waals surface area contributed by atoms with Gasteiger partial charge in [-0.15, -0.1) is 0 Å². The molecule has 0 saturated carbocycles. The number of benzene rings is 2. The van der Waals surface area contributed by atoms with Crippen LogP contribution in [0.2, 0.25) is 5.02 Å². The van der Waals surface area contributed by atoms with Crippen molar-refractivity contribution in [2.75, 3.05) is 5.32 Å². The molecule has 1 aromatic heterocycles. The number of anilines is 1. The van der Waals surface area contributed by atoms with Crippen molar-refractivity contribution in [3.8, 4) is 0 Å². The lowest BCUT2D eigenvalue weighted by Gasteiger charge is -2.08. The van der Waals surface area contributed by atoms with Crippen LogP contribution in [0.3, 0.4) is 0 Å². The first kappa shape index (κ1) is 16.0. The maximum Gasteiger partial charge on any atom is 0.328 e. The molecule has 0 saturated heterocycles. The third-order valence-corrected chi connectivity index (χ3v) is 3.93. The van der Waals surface area contributed by atoms with Gasteiger partial charge in [0.1, 0.15) is 0 Å². The van der Waals surface area contributed by atoms with Gasteiger partial charge in [-0.3, -0.25) is 14.2 Å². The minimum atomic E-state index is -0.538. The number of aromatic nitrogens is 2. The second-order valence-electron chi connectivity index (χ2n) is 5.21. The molecule has 3 aromatic rings. The van der Waals surface area contributed by atoms with Crippen molar-refractivity contribution in [3.63, 3.8) is 0 Å². The highest BCUT2D eigenvalue weighted by atomic mass is 35.5. The summed E-state index contributed by atoms with van der Waals surface area (Å²) >= 11 is 5.98. The van der Waals surface area contributed by atoms with Crippen LogP contribution < -0.4 is 16.6 Å². The zero-order chi connectivity index (χ0) is 17.1. The van der Waals surface area contributed by atoms with Gasteiger partial charge in [0.05, 0.1) is 21.6 Å². The molecule has 2 aromatic carbocycles. The van der Waals surface area contributed by atoms with Gasteiger partial charge in [-0.05, 0) is 24.3 Å². The third-order valence-electron chi connectivity index (χ3n) is 3.60. The van der Waals surface area contributed by atoms with E-state index >= 15 is 0 Å². The molecular weight excluding hydrogens is 330 g/mol. The Hall–Kier alpha value is -2.86. The minimum Gasteiger partial charge on any atom is -0.325 e. The van der Waals surface area contributed by atoms with E-state index < -0.39 is 11.2 Å². The highest BCUT2D eigenvalue weighted by molar-refractivity contribution is 6.33. The fourth-order valence-electron chi connectivity index (χ4n) is 2.39. The van der Waals surface area contributed by atoms with Crippen molar-refractivity contribution in [2.24, 2.45) is 0 Å². The summed E-state index contributed by atoms with van der Waals surface area (Å²) in [6.45, 7) is -0.0186. The molecule has 0 bridgehead atoms. The molecule has 122 valence electrons. The zero-order valence-electron chi connectivity index (χ0n) is 12.6. The maximum absolute atomic E-state index is 12.4. The summed E-state index contributed by atoms with van der Waals surface area (Å²) in [5, 5.41) is 3.49. The van der Waals surface area contributed by atoms with Gasteiger partial charge >= 0.3 is 5.69 Å². The molecule has 1 amide bonds. The predicted molar refractivity (Wildman–Crippen MR) is 93.5 cm³/mol. The second-order valence-corrected chi connectivity index (χ2v) is 5.62. The molecule has 24 heavy (non-hydrogen) atoms. The van der Waals surface area contributed by atoms with Crippen LogP contribution in [0.25, 0.3) is 10.9 Å². The van der Waals surface area contributed by atoms with Crippen LogP contribution in [0, 0.1) is 0 Å². The number of H-pyrrole nitrogens is 1.